The number of carbonyl (C=O) groups is 2. The Kier molecular flexibility index (Phi) is 5.49. The fourth-order valence-electron chi connectivity index (χ4n) is 3.19. The van der Waals surface area contributed by atoms with Crippen LogP contribution >= 0.6 is 0 Å². The van der Waals surface area contributed by atoms with Crippen LogP contribution in [0.3, 0.4) is 0 Å². The van der Waals surface area contributed by atoms with Gasteiger partial charge in [0.05, 0.1) is 6.42 Å². The molecule has 1 aliphatic rings. The van der Waals surface area contributed by atoms with Gasteiger partial charge < -0.3 is 10.6 Å². The first kappa shape index (κ1) is 17.2. The number of carbonyl (C=O) groups excluding carboxylic acids is 2. The summed E-state index contributed by atoms with van der Waals surface area (Å²) in [6.45, 7) is 3.01. The van der Waals surface area contributed by atoms with Gasteiger partial charge in [0, 0.05) is 19.0 Å². The number of hydrogen-bond acceptors (Lipinski definition) is 2. The van der Waals surface area contributed by atoms with E-state index in [1.54, 1.807) is 0 Å². The highest BCUT2D eigenvalue weighted by atomic mass is 16.2. The third-order valence-corrected chi connectivity index (χ3v) is 4.67. The number of hydrogen-bond donors (Lipinski definition) is 2. The Balaban J connectivity index is 1.35. The minimum Gasteiger partial charge on any atom is -0.354 e. The summed E-state index contributed by atoms with van der Waals surface area (Å²) in [6, 6.07) is 17.9. The predicted molar refractivity (Wildman–Crippen MR) is 98.2 cm³/mol. The molecular formula is C21H24N2O2. The molecule has 1 fully saturated rings. The third kappa shape index (κ3) is 4.69. The highest BCUT2D eigenvalue weighted by Crippen LogP contribution is 2.48. The van der Waals surface area contributed by atoms with Gasteiger partial charge in [-0.25, -0.2) is 0 Å². The lowest BCUT2D eigenvalue weighted by Gasteiger charge is -2.08. The van der Waals surface area contributed by atoms with Crippen molar-refractivity contribution in [2.24, 2.45) is 5.92 Å². The van der Waals surface area contributed by atoms with E-state index in [1.165, 1.54) is 11.1 Å². The van der Waals surface area contributed by atoms with Crippen molar-refractivity contribution in [3.63, 3.8) is 0 Å². The van der Waals surface area contributed by atoms with Gasteiger partial charge in [0.25, 0.3) is 0 Å². The third-order valence-electron chi connectivity index (χ3n) is 4.67. The maximum absolute atomic E-state index is 12.2. The average Bonchev–Trinajstić information content (AvgIpc) is 3.40. The van der Waals surface area contributed by atoms with Crippen LogP contribution in [-0.4, -0.2) is 24.9 Å². The first-order valence-electron chi connectivity index (χ1n) is 8.79. The van der Waals surface area contributed by atoms with Gasteiger partial charge in [0.1, 0.15) is 0 Å². The zero-order chi connectivity index (χ0) is 17.6. The van der Waals surface area contributed by atoms with E-state index in [4.69, 9.17) is 0 Å². The fourth-order valence-corrected chi connectivity index (χ4v) is 3.19. The number of aryl methyl sites for hydroxylation is 1. The smallest absolute Gasteiger partial charge is 0.224 e. The van der Waals surface area contributed by atoms with E-state index in [2.05, 4.69) is 29.7 Å². The molecule has 0 unspecified atom stereocenters. The van der Waals surface area contributed by atoms with Crippen molar-refractivity contribution < 1.29 is 9.59 Å². The SMILES string of the molecule is Cc1ccccc1[C@@H]1C[C@@H]1C(=O)NCCNC(=O)Cc1ccccc1. The van der Waals surface area contributed by atoms with Crippen LogP contribution in [0, 0.1) is 12.8 Å². The molecule has 4 nitrogen and oxygen atoms in total. The highest BCUT2D eigenvalue weighted by Gasteiger charge is 2.44. The van der Waals surface area contributed by atoms with Crippen LogP contribution in [0.4, 0.5) is 0 Å². The van der Waals surface area contributed by atoms with E-state index in [9.17, 15) is 9.59 Å². The molecule has 2 amide bonds. The number of benzene rings is 2. The summed E-state index contributed by atoms with van der Waals surface area (Å²) in [4.78, 5) is 24.1. The minimum atomic E-state index is -0.0235. The summed E-state index contributed by atoms with van der Waals surface area (Å²) in [7, 11) is 0. The van der Waals surface area contributed by atoms with Crippen LogP contribution in [0.25, 0.3) is 0 Å². The Hall–Kier alpha value is -2.62. The topological polar surface area (TPSA) is 58.2 Å². The van der Waals surface area contributed by atoms with E-state index in [1.807, 2.05) is 42.5 Å². The summed E-state index contributed by atoms with van der Waals surface area (Å²) in [5.41, 5.74) is 3.51. The van der Waals surface area contributed by atoms with Gasteiger partial charge in [-0.15, -0.1) is 0 Å². The highest BCUT2D eigenvalue weighted by molar-refractivity contribution is 5.83. The zero-order valence-corrected chi connectivity index (χ0v) is 14.5. The Morgan fingerprint density at radius 2 is 1.64 bits per heavy atom. The van der Waals surface area contributed by atoms with Crippen LogP contribution in [-0.2, 0) is 16.0 Å². The molecule has 0 bridgehead atoms. The van der Waals surface area contributed by atoms with Crippen LogP contribution < -0.4 is 10.6 Å². The van der Waals surface area contributed by atoms with Gasteiger partial charge >= 0.3 is 0 Å². The molecule has 0 aromatic heterocycles. The normalized spacial score (nSPS) is 18.4. The van der Waals surface area contributed by atoms with Gasteiger partial charge in [0.15, 0.2) is 0 Å². The molecule has 1 saturated carbocycles. The lowest BCUT2D eigenvalue weighted by molar-refractivity contribution is -0.123. The molecule has 0 aliphatic heterocycles. The van der Waals surface area contributed by atoms with E-state index in [-0.39, 0.29) is 17.7 Å². The van der Waals surface area contributed by atoms with E-state index in [0.717, 1.165) is 12.0 Å². The standard InChI is InChI=1S/C21H24N2O2/c1-15-7-5-6-10-17(15)18-14-19(18)21(25)23-12-11-22-20(24)13-16-8-3-2-4-9-16/h2-10,18-19H,11-14H2,1H3,(H,22,24)(H,23,25)/t18-,19-/m0/s1. The summed E-state index contributed by atoms with van der Waals surface area (Å²) in [6.07, 6.45) is 1.28. The predicted octanol–water partition coefficient (Wildman–Crippen LogP) is 2.57. The first-order valence-corrected chi connectivity index (χ1v) is 8.79. The molecule has 2 N–H and O–H groups in total. The monoisotopic (exact) mass is 336 g/mol. The van der Waals surface area contributed by atoms with Gasteiger partial charge in [-0.2, -0.15) is 0 Å². The minimum absolute atomic E-state index is 0.0235. The number of nitrogens with one attached hydrogen (secondary N) is 2. The zero-order valence-electron chi connectivity index (χ0n) is 14.5. The van der Waals surface area contributed by atoms with Crippen molar-refractivity contribution >= 4 is 11.8 Å². The second-order valence-electron chi connectivity index (χ2n) is 6.61. The molecule has 4 heteroatoms. The molecule has 2 atom stereocenters. The quantitative estimate of drug-likeness (QED) is 0.764. The molecule has 0 radical (unpaired) electrons. The maximum atomic E-state index is 12.2. The number of amides is 2. The van der Waals surface area contributed by atoms with Crippen molar-refractivity contribution in [1.29, 1.82) is 0 Å². The Bertz CT molecular complexity index is 743. The molecule has 0 heterocycles. The molecule has 0 spiro atoms. The van der Waals surface area contributed by atoms with Gasteiger partial charge in [-0.3, -0.25) is 9.59 Å². The van der Waals surface area contributed by atoms with Crippen molar-refractivity contribution in [2.45, 2.75) is 25.7 Å². The molecule has 2 aromatic rings. The van der Waals surface area contributed by atoms with Crippen molar-refractivity contribution in [3.8, 4) is 0 Å². The summed E-state index contributed by atoms with van der Waals surface area (Å²) < 4.78 is 0. The lowest BCUT2D eigenvalue weighted by atomic mass is 10.0. The first-order chi connectivity index (χ1) is 12.1. The maximum Gasteiger partial charge on any atom is 0.224 e. The van der Waals surface area contributed by atoms with Gasteiger partial charge in [0.2, 0.25) is 11.8 Å². The Morgan fingerprint density at radius 1 is 0.960 bits per heavy atom. The van der Waals surface area contributed by atoms with Gasteiger partial charge in [-0.1, -0.05) is 54.6 Å². The van der Waals surface area contributed by atoms with Crippen LogP contribution in [0.15, 0.2) is 54.6 Å². The van der Waals surface area contributed by atoms with Crippen molar-refractivity contribution in [1.82, 2.24) is 10.6 Å². The molecule has 0 saturated heterocycles. The second-order valence-corrected chi connectivity index (χ2v) is 6.61. The Labute approximate surface area is 148 Å². The van der Waals surface area contributed by atoms with Crippen LogP contribution in [0.5, 0.6) is 0 Å². The molecule has 130 valence electrons. The summed E-state index contributed by atoms with van der Waals surface area (Å²) in [5, 5.41) is 5.77. The van der Waals surface area contributed by atoms with Crippen molar-refractivity contribution in [2.75, 3.05) is 13.1 Å². The summed E-state index contributed by atoms with van der Waals surface area (Å²) in [5.74, 6) is 0.477. The van der Waals surface area contributed by atoms with E-state index in [0.29, 0.717) is 25.4 Å². The molecule has 2 aromatic carbocycles. The summed E-state index contributed by atoms with van der Waals surface area (Å²) >= 11 is 0. The molecule has 25 heavy (non-hydrogen) atoms. The lowest BCUT2D eigenvalue weighted by Crippen LogP contribution is -2.36. The largest absolute Gasteiger partial charge is 0.354 e. The Morgan fingerprint density at radius 3 is 2.40 bits per heavy atom. The van der Waals surface area contributed by atoms with Crippen LogP contribution in [0.2, 0.25) is 0 Å². The average molecular weight is 336 g/mol. The molecular weight excluding hydrogens is 312 g/mol. The van der Waals surface area contributed by atoms with E-state index < -0.39 is 0 Å². The molecule has 1 aliphatic carbocycles. The number of rotatable bonds is 7. The second kappa shape index (κ2) is 7.97. The molecule has 3 rings (SSSR count). The van der Waals surface area contributed by atoms with Gasteiger partial charge in [-0.05, 0) is 36.0 Å². The fraction of sp³-hybridized carbons (Fsp3) is 0.333. The van der Waals surface area contributed by atoms with Crippen LogP contribution in [0.1, 0.15) is 29.0 Å². The van der Waals surface area contributed by atoms with E-state index >= 15 is 0 Å². The van der Waals surface area contributed by atoms with Crippen molar-refractivity contribution in [3.05, 3.63) is 71.3 Å².